The van der Waals surface area contributed by atoms with E-state index in [9.17, 15) is 14.4 Å². The largest absolute Gasteiger partial charge is 0.497 e. The van der Waals surface area contributed by atoms with Gasteiger partial charge in [-0.15, -0.1) is 0 Å². The molecule has 39 heavy (non-hydrogen) atoms. The maximum atomic E-state index is 14.3. The van der Waals surface area contributed by atoms with Crippen LogP contribution < -0.4 is 15.4 Å². The number of hydrogen-bond donors (Lipinski definition) is 2. The van der Waals surface area contributed by atoms with Gasteiger partial charge in [0.2, 0.25) is 17.7 Å². The predicted molar refractivity (Wildman–Crippen MR) is 147 cm³/mol. The molecule has 2 saturated heterocycles. The van der Waals surface area contributed by atoms with E-state index < -0.39 is 29.6 Å². The summed E-state index contributed by atoms with van der Waals surface area (Å²) in [7, 11) is 1.58. The molecule has 2 bridgehead atoms. The Labute approximate surface area is 230 Å². The topological polar surface area (TPSA) is 97.0 Å². The number of carbonyl (C=O) groups excluding carboxylic acids is 3. The Balaban J connectivity index is 1.31. The molecular formula is C31H41N3O5. The number of ether oxygens (including phenoxy) is 2. The molecule has 3 amide bonds. The molecule has 7 atom stereocenters. The second-order valence-corrected chi connectivity index (χ2v) is 12.5. The van der Waals surface area contributed by atoms with Gasteiger partial charge in [-0.05, 0) is 62.5 Å². The summed E-state index contributed by atoms with van der Waals surface area (Å²) < 4.78 is 11.8. The van der Waals surface area contributed by atoms with Gasteiger partial charge in [0.1, 0.15) is 17.4 Å². The van der Waals surface area contributed by atoms with Crippen LogP contribution in [0.3, 0.4) is 0 Å². The van der Waals surface area contributed by atoms with Crippen molar-refractivity contribution >= 4 is 23.4 Å². The molecule has 8 heteroatoms. The number of nitrogens with one attached hydrogen (secondary N) is 2. The molecule has 3 heterocycles. The molecule has 2 saturated carbocycles. The van der Waals surface area contributed by atoms with E-state index in [1.807, 2.05) is 29.2 Å². The van der Waals surface area contributed by atoms with Crippen LogP contribution in [0.25, 0.3) is 0 Å². The number of likely N-dealkylation sites (tertiary alicyclic amines) is 1. The number of methoxy groups -OCH3 is 1. The Hall–Kier alpha value is -2.87. The Morgan fingerprint density at radius 1 is 1.05 bits per heavy atom. The highest BCUT2D eigenvalue weighted by atomic mass is 16.5. The number of anilines is 1. The lowest BCUT2D eigenvalue weighted by atomic mass is 9.74. The SMILES string of the molecule is COc1cccc(NC(=O)C2C3C=CC4(O3)C2C(=O)N(C2CCC(C)CC2)C4C(=O)NC2CCCCC2C)c1. The third-order valence-corrected chi connectivity index (χ3v) is 10.0. The zero-order valence-electron chi connectivity index (χ0n) is 23.2. The zero-order valence-corrected chi connectivity index (χ0v) is 23.2. The Morgan fingerprint density at radius 2 is 1.82 bits per heavy atom. The van der Waals surface area contributed by atoms with Crippen LogP contribution in [0.5, 0.6) is 5.75 Å². The third kappa shape index (κ3) is 4.45. The van der Waals surface area contributed by atoms with Crippen molar-refractivity contribution in [3.05, 3.63) is 36.4 Å². The van der Waals surface area contributed by atoms with Crippen molar-refractivity contribution in [3.8, 4) is 5.75 Å². The number of rotatable bonds is 6. The Morgan fingerprint density at radius 3 is 2.56 bits per heavy atom. The molecule has 1 aromatic rings. The fourth-order valence-electron chi connectivity index (χ4n) is 7.84. The first-order valence-electron chi connectivity index (χ1n) is 14.8. The lowest BCUT2D eigenvalue weighted by molar-refractivity contribution is -0.145. The summed E-state index contributed by atoms with van der Waals surface area (Å²) >= 11 is 0. The van der Waals surface area contributed by atoms with Crippen molar-refractivity contribution in [3.63, 3.8) is 0 Å². The van der Waals surface area contributed by atoms with Gasteiger partial charge in [0, 0.05) is 23.8 Å². The van der Waals surface area contributed by atoms with Crippen molar-refractivity contribution in [1.29, 1.82) is 0 Å². The van der Waals surface area contributed by atoms with E-state index in [2.05, 4.69) is 24.5 Å². The van der Waals surface area contributed by atoms with Gasteiger partial charge in [-0.2, -0.15) is 0 Å². The van der Waals surface area contributed by atoms with Crippen LogP contribution in [0.1, 0.15) is 65.2 Å². The number of fused-ring (bicyclic) bond motifs is 1. The molecule has 7 unspecified atom stereocenters. The molecule has 3 aliphatic heterocycles. The zero-order chi connectivity index (χ0) is 27.3. The van der Waals surface area contributed by atoms with Crippen LogP contribution in [0, 0.1) is 23.7 Å². The van der Waals surface area contributed by atoms with Crippen LogP contribution >= 0.6 is 0 Å². The second-order valence-electron chi connectivity index (χ2n) is 12.5. The molecule has 1 spiro atoms. The maximum absolute atomic E-state index is 14.3. The van der Waals surface area contributed by atoms with Gasteiger partial charge in [0.05, 0.1) is 25.0 Å². The summed E-state index contributed by atoms with van der Waals surface area (Å²) in [5, 5.41) is 6.32. The normalized spacial score (nSPS) is 38.9. The monoisotopic (exact) mass is 535 g/mol. The van der Waals surface area contributed by atoms with E-state index in [0.29, 0.717) is 23.3 Å². The lowest BCUT2D eigenvalue weighted by Crippen LogP contribution is -2.59. The minimum atomic E-state index is -1.12. The minimum Gasteiger partial charge on any atom is -0.497 e. The number of nitrogens with zero attached hydrogens (tertiary/aromatic N) is 1. The fourth-order valence-corrected chi connectivity index (χ4v) is 7.84. The number of amides is 3. The average molecular weight is 536 g/mol. The molecule has 2 aliphatic carbocycles. The minimum absolute atomic E-state index is 0.0219. The third-order valence-electron chi connectivity index (χ3n) is 10.0. The maximum Gasteiger partial charge on any atom is 0.246 e. The second kappa shape index (κ2) is 10.3. The Bertz CT molecular complexity index is 1160. The van der Waals surface area contributed by atoms with Crippen LogP contribution in [0.4, 0.5) is 5.69 Å². The van der Waals surface area contributed by atoms with Gasteiger partial charge in [-0.1, -0.05) is 44.9 Å². The van der Waals surface area contributed by atoms with Crippen molar-refractivity contribution < 1.29 is 23.9 Å². The molecular weight excluding hydrogens is 494 g/mol. The van der Waals surface area contributed by atoms with E-state index in [4.69, 9.17) is 9.47 Å². The first kappa shape index (κ1) is 26.4. The van der Waals surface area contributed by atoms with E-state index in [1.165, 1.54) is 6.42 Å². The van der Waals surface area contributed by atoms with Crippen molar-refractivity contribution in [1.82, 2.24) is 10.2 Å². The van der Waals surface area contributed by atoms with E-state index in [-0.39, 0.29) is 29.8 Å². The summed E-state index contributed by atoms with van der Waals surface area (Å²) in [5.41, 5.74) is -0.521. The van der Waals surface area contributed by atoms with Gasteiger partial charge < -0.3 is 25.0 Å². The molecule has 5 aliphatic rings. The first-order chi connectivity index (χ1) is 18.8. The summed E-state index contributed by atoms with van der Waals surface area (Å²) in [6.07, 6.45) is 11.4. The highest BCUT2D eigenvalue weighted by Gasteiger charge is 2.73. The standard InChI is InChI=1S/C31H41N3O5/c1-18-11-13-21(14-12-18)34-27(29(36)33-23-10-5-4-7-19(23)2)31-16-15-24(39-31)25(26(31)30(34)37)28(35)32-20-8-6-9-22(17-20)38-3/h6,8-9,15-19,21,23-27H,4-5,7,10-14H2,1-3H3,(H,32,35)(H,33,36). The van der Waals surface area contributed by atoms with Gasteiger partial charge in [0.25, 0.3) is 0 Å². The molecule has 6 rings (SSSR count). The average Bonchev–Trinajstić information content (AvgIpc) is 3.58. The van der Waals surface area contributed by atoms with E-state index >= 15 is 0 Å². The van der Waals surface area contributed by atoms with E-state index in [0.717, 1.165) is 44.9 Å². The van der Waals surface area contributed by atoms with Crippen LogP contribution in [0.2, 0.25) is 0 Å². The predicted octanol–water partition coefficient (Wildman–Crippen LogP) is 4.06. The van der Waals surface area contributed by atoms with Crippen molar-refractivity contribution in [2.45, 2.75) is 95.0 Å². The van der Waals surface area contributed by atoms with Gasteiger partial charge >= 0.3 is 0 Å². The molecule has 210 valence electrons. The smallest absolute Gasteiger partial charge is 0.246 e. The number of carbonyl (C=O) groups is 3. The van der Waals surface area contributed by atoms with E-state index in [1.54, 1.807) is 19.2 Å². The molecule has 2 N–H and O–H groups in total. The number of benzene rings is 1. The van der Waals surface area contributed by atoms with Crippen LogP contribution in [-0.2, 0) is 19.1 Å². The first-order valence-corrected chi connectivity index (χ1v) is 14.8. The highest BCUT2D eigenvalue weighted by Crippen LogP contribution is 2.56. The molecule has 0 aromatic heterocycles. The molecule has 1 aromatic carbocycles. The van der Waals surface area contributed by atoms with Crippen molar-refractivity contribution in [2.24, 2.45) is 23.7 Å². The molecule has 0 radical (unpaired) electrons. The van der Waals surface area contributed by atoms with Crippen molar-refractivity contribution in [2.75, 3.05) is 12.4 Å². The summed E-state index contributed by atoms with van der Waals surface area (Å²) in [4.78, 5) is 44.0. The number of hydrogen-bond acceptors (Lipinski definition) is 5. The highest BCUT2D eigenvalue weighted by molar-refractivity contribution is 6.03. The van der Waals surface area contributed by atoms with Gasteiger partial charge in [-0.25, -0.2) is 0 Å². The molecule has 8 nitrogen and oxygen atoms in total. The summed E-state index contributed by atoms with van der Waals surface area (Å²) in [6.45, 7) is 4.44. The quantitative estimate of drug-likeness (QED) is 0.536. The Kier molecular flexibility index (Phi) is 6.94. The van der Waals surface area contributed by atoms with Gasteiger partial charge in [0.15, 0.2) is 0 Å². The van der Waals surface area contributed by atoms with Crippen LogP contribution in [-0.4, -0.2) is 59.6 Å². The van der Waals surface area contributed by atoms with Crippen LogP contribution in [0.15, 0.2) is 36.4 Å². The summed E-state index contributed by atoms with van der Waals surface area (Å²) in [5.74, 6) is -0.308. The lowest BCUT2D eigenvalue weighted by Gasteiger charge is -2.40. The molecule has 4 fully saturated rings. The fraction of sp³-hybridized carbons (Fsp3) is 0.645. The summed E-state index contributed by atoms with van der Waals surface area (Å²) in [6, 6.07) is 6.49. The van der Waals surface area contributed by atoms with Gasteiger partial charge in [-0.3, -0.25) is 14.4 Å².